The Morgan fingerprint density at radius 3 is 2.60 bits per heavy atom. The molecule has 0 amide bonds. The minimum Gasteiger partial charge on any atom is -0.382 e. The molecule has 1 saturated carbocycles. The van der Waals surface area contributed by atoms with E-state index >= 15 is 0 Å². The largest absolute Gasteiger partial charge is 0.382 e. The molecular weight excluding hydrogens is 334 g/mol. The lowest BCUT2D eigenvalue weighted by Crippen LogP contribution is -2.34. The van der Waals surface area contributed by atoms with Crippen molar-refractivity contribution in [2.45, 2.75) is 31.7 Å². The maximum Gasteiger partial charge on any atom is 0.0455 e. The zero-order valence-corrected chi connectivity index (χ0v) is 13.7. The summed E-state index contributed by atoms with van der Waals surface area (Å²) in [5.41, 5.74) is 3.67. The molecule has 2 aromatic carbocycles. The Labute approximate surface area is 133 Å². The first-order valence-electron chi connectivity index (χ1n) is 6.90. The SMILES string of the molecule is Cc1ccc(NC2CC(c3ccccc3Br)C2)cc1Cl. The Kier molecular flexibility index (Phi) is 4.04. The Bertz CT molecular complexity index is 620. The Morgan fingerprint density at radius 1 is 1.15 bits per heavy atom. The lowest BCUT2D eigenvalue weighted by atomic mass is 9.76. The summed E-state index contributed by atoms with van der Waals surface area (Å²) in [4.78, 5) is 0. The number of nitrogens with one attached hydrogen (secondary N) is 1. The lowest BCUT2D eigenvalue weighted by molar-refractivity contribution is 0.373. The Hall–Kier alpha value is -0.990. The van der Waals surface area contributed by atoms with Gasteiger partial charge in [-0.05, 0) is 55.0 Å². The van der Waals surface area contributed by atoms with Crippen LogP contribution in [0, 0.1) is 6.92 Å². The predicted octanol–water partition coefficient (Wildman–Crippen LogP) is 5.77. The number of aryl methyl sites for hydroxylation is 1. The van der Waals surface area contributed by atoms with E-state index in [0.717, 1.165) is 16.3 Å². The zero-order valence-electron chi connectivity index (χ0n) is 11.4. The van der Waals surface area contributed by atoms with Crippen LogP contribution in [0.15, 0.2) is 46.9 Å². The Morgan fingerprint density at radius 2 is 1.90 bits per heavy atom. The van der Waals surface area contributed by atoms with Gasteiger partial charge in [0, 0.05) is 21.2 Å². The minimum absolute atomic E-state index is 0.547. The summed E-state index contributed by atoms with van der Waals surface area (Å²) in [5.74, 6) is 0.656. The molecule has 2 aromatic rings. The average molecular weight is 351 g/mol. The second kappa shape index (κ2) is 5.79. The molecule has 0 spiro atoms. The van der Waals surface area contributed by atoms with Crippen molar-refractivity contribution in [2.24, 2.45) is 0 Å². The second-order valence-corrected chi connectivity index (χ2v) is 6.76. The van der Waals surface area contributed by atoms with Crippen LogP contribution in [0.3, 0.4) is 0 Å². The van der Waals surface area contributed by atoms with Gasteiger partial charge in [0.2, 0.25) is 0 Å². The minimum atomic E-state index is 0.547. The van der Waals surface area contributed by atoms with Gasteiger partial charge < -0.3 is 5.32 Å². The van der Waals surface area contributed by atoms with Gasteiger partial charge in [-0.25, -0.2) is 0 Å². The van der Waals surface area contributed by atoms with E-state index in [9.17, 15) is 0 Å². The van der Waals surface area contributed by atoms with E-state index in [1.807, 2.05) is 13.0 Å². The van der Waals surface area contributed by atoms with Gasteiger partial charge >= 0.3 is 0 Å². The first kappa shape index (κ1) is 14.0. The van der Waals surface area contributed by atoms with Crippen molar-refractivity contribution < 1.29 is 0 Å². The highest BCUT2D eigenvalue weighted by Crippen LogP contribution is 2.41. The summed E-state index contributed by atoms with van der Waals surface area (Å²) in [6.45, 7) is 2.03. The third-order valence-electron chi connectivity index (χ3n) is 4.03. The van der Waals surface area contributed by atoms with Gasteiger partial charge in [0.15, 0.2) is 0 Å². The molecule has 0 radical (unpaired) electrons. The van der Waals surface area contributed by atoms with Crippen molar-refractivity contribution in [1.82, 2.24) is 0 Å². The van der Waals surface area contributed by atoms with E-state index in [1.54, 1.807) is 0 Å². The molecule has 0 heterocycles. The van der Waals surface area contributed by atoms with Crippen molar-refractivity contribution >= 4 is 33.2 Å². The van der Waals surface area contributed by atoms with Crippen LogP contribution in [0.25, 0.3) is 0 Å². The zero-order chi connectivity index (χ0) is 14.1. The van der Waals surface area contributed by atoms with Crippen molar-refractivity contribution in [2.75, 3.05) is 5.32 Å². The predicted molar refractivity (Wildman–Crippen MR) is 89.7 cm³/mol. The Balaban J connectivity index is 1.61. The van der Waals surface area contributed by atoms with Crippen LogP contribution in [-0.4, -0.2) is 6.04 Å². The third kappa shape index (κ3) is 2.87. The van der Waals surface area contributed by atoms with Crippen LogP contribution >= 0.6 is 27.5 Å². The summed E-state index contributed by atoms with van der Waals surface area (Å²) < 4.78 is 1.22. The summed E-state index contributed by atoms with van der Waals surface area (Å²) in [5, 5.41) is 4.40. The van der Waals surface area contributed by atoms with Crippen LogP contribution in [0.5, 0.6) is 0 Å². The molecule has 1 aliphatic rings. The van der Waals surface area contributed by atoms with Crippen molar-refractivity contribution in [3.8, 4) is 0 Å². The van der Waals surface area contributed by atoms with Crippen LogP contribution in [0.2, 0.25) is 5.02 Å². The van der Waals surface area contributed by atoms with Crippen molar-refractivity contribution in [3.63, 3.8) is 0 Å². The van der Waals surface area contributed by atoms with Crippen LogP contribution in [0.4, 0.5) is 5.69 Å². The molecule has 1 N–H and O–H groups in total. The molecule has 20 heavy (non-hydrogen) atoms. The molecule has 1 nitrogen and oxygen atoms in total. The summed E-state index contributed by atoms with van der Waals surface area (Å²) in [6, 6.07) is 15.2. The van der Waals surface area contributed by atoms with Gasteiger partial charge in [0.25, 0.3) is 0 Å². The molecule has 3 rings (SSSR count). The van der Waals surface area contributed by atoms with Gasteiger partial charge in [-0.1, -0.05) is 51.8 Å². The summed E-state index contributed by atoms with van der Waals surface area (Å²) in [6.07, 6.45) is 2.35. The highest BCUT2D eigenvalue weighted by Gasteiger charge is 2.31. The normalized spacial score (nSPS) is 21.4. The van der Waals surface area contributed by atoms with E-state index < -0.39 is 0 Å². The van der Waals surface area contributed by atoms with Gasteiger partial charge in [-0.2, -0.15) is 0 Å². The molecule has 0 aliphatic heterocycles. The number of halogens is 2. The first-order chi connectivity index (χ1) is 9.63. The van der Waals surface area contributed by atoms with Crippen LogP contribution < -0.4 is 5.32 Å². The number of hydrogen-bond acceptors (Lipinski definition) is 1. The number of rotatable bonds is 3. The molecule has 0 bridgehead atoms. The molecule has 0 unspecified atom stereocenters. The van der Waals surface area contributed by atoms with Crippen molar-refractivity contribution in [3.05, 3.63) is 63.1 Å². The lowest BCUT2D eigenvalue weighted by Gasteiger charge is -2.37. The van der Waals surface area contributed by atoms with E-state index in [-0.39, 0.29) is 0 Å². The van der Waals surface area contributed by atoms with Crippen LogP contribution in [-0.2, 0) is 0 Å². The summed E-state index contributed by atoms with van der Waals surface area (Å²) in [7, 11) is 0. The van der Waals surface area contributed by atoms with Gasteiger partial charge in [-0.15, -0.1) is 0 Å². The molecule has 3 heteroatoms. The first-order valence-corrected chi connectivity index (χ1v) is 8.07. The molecule has 104 valence electrons. The monoisotopic (exact) mass is 349 g/mol. The highest BCUT2D eigenvalue weighted by atomic mass is 79.9. The highest BCUT2D eigenvalue weighted by molar-refractivity contribution is 9.10. The fraction of sp³-hybridized carbons (Fsp3) is 0.294. The van der Waals surface area contributed by atoms with Crippen LogP contribution in [0.1, 0.15) is 29.9 Å². The third-order valence-corrected chi connectivity index (χ3v) is 5.16. The van der Waals surface area contributed by atoms with Gasteiger partial charge in [-0.3, -0.25) is 0 Å². The molecule has 1 aliphatic carbocycles. The van der Waals surface area contributed by atoms with Crippen molar-refractivity contribution in [1.29, 1.82) is 0 Å². The summed E-state index contributed by atoms with van der Waals surface area (Å²) >= 11 is 9.80. The van der Waals surface area contributed by atoms with E-state index in [0.29, 0.717) is 12.0 Å². The molecule has 1 fully saturated rings. The smallest absolute Gasteiger partial charge is 0.0455 e. The van der Waals surface area contributed by atoms with Gasteiger partial charge in [0.05, 0.1) is 0 Å². The fourth-order valence-corrected chi connectivity index (χ4v) is 3.50. The van der Waals surface area contributed by atoms with E-state index in [2.05, 4.69) is 57.6 Å². The number of hydrogen-bond donors (Lipinski definition) is 1. The van der Waals surface area contributed by atoms with E-state index in [4.69, 9.17) is 11.6 Å². The fourth-order valence-electron chi connectivity index (χ4n) is 2.71. The quantitative estimate of drug-likeness (QED) is 0.741. The molecule has 0 aromatic heterocycles. The number of anilines is 1. The standard InChI is InChI=1S/C17H17BrClN/c1-11-6-7-13(10-17(11)19)20-14-8-12(9-14)15-4-2-3-5-16(15)18/h2-7,10,12,14,20H,8-9H2,1H3. The van der Waals surface area contributed by atoms with E-state index in [1.165, 1.54) is 22.9 Å². The number of benzene rings is 2. The molecule has 0 saturated heterocycles. The second-order valence-electron chi connectivity index (χ2n) is 5.50. The molecule has 0 atom stereocenters. The van der Waals surface area contributed by atoms with Gasteiger partial charge in [0.1, 0.15) is 0 Å². The molecular formula is C17H17BrClN. The maximum absolute atomic E-state index is 6.16. The topological polar surface area (TPSA) is 12.0 Å². The average Bonchev–Trinajstić information content (AvgIpc) is 2.39. The maximum atomic E-state index is 6.16.